The van der Waals surface area contributed by atoms with Gasteiger partial charge in [0.1, 0.15) is 5.92 Å². The molecule has 0 saturated heterocycles. The van der Waals surface area contributed by atoms with Gasteiger partial charge in [0.2, 0.25) is 0 Å². The molecule has 88 valence electrons. The van der Waals surface area contributed by atoms with Crippen molar-refractivity contribution in [3.63, 3.8) is 0 Å². The number of aliphatic imine (C=N–C) groups is 1. The molecule has 0 saturated carbocycles. The molecule has 0 radical (unpaired) electrons. The standard InChI is InChI=1S/C12H13N3S2/c1-16-11(14)10(8-13)12(17-2)15-9-6-4-3-5-7-9/h3-7,10,14H,1-2H3. The number of hydrogen-bond donors (Lipinski definition) is 1. The van der Waals surface area contributed by atoms with E-state index >= 15 is 0 Å². The lowest BCUT2D eigenvalue weighted by Crippen LogP contribution is -2.16. The summed E-state index contributed by atoms with van der Waals surface area (Å²) < 4.78 is 0. The van der Waals surface area contributed by atoms with Crippen molar-refractivity contribution in [1.82, 2.24) is 0 Å². The number of nitrogens with one attached hydrogen (secondary N) is 1. The Morgan fingerprint density at radius 1 is 1.29 bits per heavy atom. The Bertz CT molecular complexity index is 449. The largest absolute Gasteiger partial charge is 0.297 e. The molecule has 0 amide bonds. The van der Waals surface area contributed by atoms with Crippen LogP contribution in [0.1, 0.15) is 0 Å². The summed E-state index contributed by atoms with van der Waals surface area (Å²) in [5.41, 5.74) is 0.811. The van der Waals surface area contributed by atoms with Crippen molar-refractivity contribution < 1.29 is 0 Å². The van der Waals surface area contributed by atoms with Crippen LogP contribution in [0.3, 0.4) is 0 Å². The molecular formula is C12H13N3S2. The van der Waals surface area contributed by atoms with Gasteiger partial charge in [0.05, 0.1) is 21.8 Å². The normalized spacial score (nSPS) is 12.9. The van der Waals surface area contributed by atoms with E-state index < -0.39 is 5.92 Å². The summed E-state index contributed by atoms with van der Waals surface area (Å²) in [5, 5.41) is 17.8. The van der Waals surface area contributed by atoms with Crippen LogP contribution in [0.4, 0.5) is 5.69 Å². The summed E-state index contributed by atoms with van der Waals surface area (Å²) in [6, 6.07) is 11.6. The van der Waals surface area contributed by atoms with Crippen LogP contribution >= 0.6 is 23.5 Å². The van der Waals surface area contributed by atoms with Crippen LogP contribution in [0.25, 0.3) is 0 Å². The molecule has 3 nitrogen and oxygen atoms in total. The molecule has 0 fully saturated rings. The van der Waals surface area contributed by atoms with E-state index in [-0.39, 0.29) is 0 Å². The van der Waals surface area contributed by atoms with E-state index in [0.29, 0.717) is 10.1 Å². The Labute approximate surface area is 110 Å². The number of nitrogens with zero attached hydrogens (tertiary/aromatic N) is 2. The van der Waals surface area contributed by atoms with Crippen LogP contribution in [-0.4, -0.2) is 22.6 Å². The second-order valence-electron chi connectivity index (χ2n) is 3.12. The molecule has 1 N–H and O–H groups in total. The number of benzene rings is 1. The van der Waals surface area contributed by atoms with E-state index in [9.17, 15) is 0 Å². The minimum absolute atomic E-state index is 0.330. The molecule has 17 heavy (non-hydrogen) atoms. The van der Waals surface area contributed by atoms with Crippen molar-refractivity contribution in [3.8, 4) is 6.07 Å². The number of nitriles is 1. The third-order valence-electron chi connectivity index (χ3n) is 2.06. The predicted octanol–water partition coefficient (Wildman–Crippen LogP) is 3.56. The number of rotatable bonds is 3. The van der Waals surface area contributed by atoms with E-state index in [1.165, 1.54) is 23.5 Å². The third kappa shape index (κ3) is 3.91. The summed E-state index contributed by atoms with van der Waals surface area (Å²) in [6.07, 6.45) is 3.67. The van der Waals surface area contributed by atoms with Crippen molar-refractivity contribution in [3.05, 3.63) is 30.3 Å². The Balaban J connectivity index is 3.02. The van der Waals surface area contributed by atoms with Gasteiger partial charge in [0.25, 0.3) is 0 Å². The number of para-hydroxylation sites is 1. The SMILES string of the molecule is CSC(=N)C(C#N)C(=Nc1ccccc1)SC. The van der Waals surface area contributed by atoms with Crippen LogP contribution in [-0.2, 0) is 0 Å². The fourth-order valence-corrected chi connectivity index (χ4v) is 2.28. The monoisotopic (exact) mass is 263 g/mol. The first-order valence-corrected chi connectivity index (χ1v) is 7.37. The Kier molecular flexibility index (Phi) is 5.81. The maximum Gasteiger partial charge on any atom is 0.142 e. The smallest absolute Gasteiger partial charge is 0.142 e. The maximum absolute atomic E-state index is 9.11. The molecule has 0 aliphatic heterocycles. The van der Waals surface area contributed by atoms with Crippen LogP contribution in [0.15, 0.2) is 35.3 Å². The molecule has 1 unspecified atom stereocenters. The molecule has 1 rings (SSSR count). The van der Waals surface area contributed by atoms with E-state index in [4.69, 9.17) is 10.7 Å². The molecule has 5 heteroatoms. The Morgan fingerprint density at radius 3 is 2.41 bits per heavy atom. The first-order chi connectivity index (χ1) is 8.22. The van der Waals surface area contributed by atoms with Gasteiger partial charge >= 0.3 is 0 Å². The number of thioether (sulfide) groups is 2. The lowest BCUT2D eigenvalue weighted by atomic mass is 10.2. The Morgan fingerprint density at radius 2 is 1.94 bits per heavy atom. The van der Waals surface area contributed by atoms with Crippen molar-refractivity contribution >= 4 is 39.3 Å². The first-order valence-electron chi connectivity index (χ1n) is 4.92. The van der Waals surface area contributed by atoms with Gasteiger partial charge in [-0.2, -0.15) is 5.26 Å². The highest BCUT2D eigenvalue weighted by Gasteiger charge is 2.19. The molecule has 0 aliphatic carbocycles. The van der Waals surface area contributed by atoms with Gasteiger partial charge in [-0.25, -0.2) is 4.99 Å². The summed E-state index contributed by atoms with van der Waals surface area (Å²) in [5.74, 6) is -0.555. The maximum atomic E-state index is 9.11. The van der Waals surface area contributed by atoms with Gasteiger partial charge in [0.15, 0.2) is 0 Å². The minimum atomic E-state index is -0.555. The third-order valence-corrected chi connectivity index (χ3v) is 3.48. The predicted molar refractivity (Wildman–Crippen MR) is 77.4 cm³/mol. The molecule has 0 spiro atoms. The minimum Gasteiger partial charge on any atom is -0.297 e. The molecule has 1 aromatic carbocycles. The second kappa shape index (κ2) is 7.15. The van der Waals surface area contributed by atoms with Crippen molar-refractivity contribution in [2.75, 3.05) is 12.5 Å². The molecular weight excluding hydrogens is 250 g/mol. The van der Waals surface area contributed by atoms with Crippen molar-refractivity contribution in [2.45, 2.75) is 0 Å². The van der Waals surface area contributed by atoms with Crippen LogP contribution in [0, 0.1) is 22.7 Å². The first kappa shape index (κ1) is 13.8. The Hall–Kier alpha value is -1.25. The van der Waals surface area contributed by atoms with Crippen LogP contribution < -0.4 is 0 Å². The van der Waals surface area contributed by atoms with Crippen LogP contribution in [0.2, 0.25) is 0 Å². The molecule has 1 atom stereocenters. The van der Waals surface area contributed by atoms with Gasteiger partial charge in [-0.05, 0) is 24.6 Å². The molecule has 0 bridgehead atoms. The summed E-state index contributed by atoms with van der Waals surface area (Å²) in [4.78, 5) is 4.42. The topological polar surface area (TPSA) is 60.0 Å². The zero-order valence-electron chi connectivity index (χ0n) is 9.68. The van der Waals surface area contributed by atoms with Gasteiger partial charge < -0.3 is 0 Å². The van der Waals surface area contributed by atoms with E-state index in [1.54, 1.807) is 6.26 Å². The number of hydrogen-bond acceptors (Lipinski definition) is 5. The second-order valence-corrected chi connectivity index (χ2v) is 4.79. The van der Waals surface area contributed by atoms with Gasteiger partial charge in [-0.15, -0.1) is 23.5 Å². The average Bonchev–Trinajstić information content (AvgIpc) is 2.39. The van der Waals surface area contributed by atoms with E-state index in [1.807, 2.05) is 36.6 Å². The molecule has 1 aromatic rings. The van der Waals surface area contributed by atoms with E-state index in [0.717, 1.165) is 5.69 Å². The summed E-state index contributed by atoms with van der Waals surface area (Å²) >= 11 is 2.69. The quantitative estimate of drug-likeness (QED) is 0.670. The van der Waals surface area contributed by atoms with Crippen molar-refractivity contribution in [2.24, 2.45) is 10.9 Å². The lowest BCUT2D eigenvalue weighted by molar-refractivity contribution is 1.22. The zero-order chi connectivity index (χ0) is 12.7. The highest BCUT2D eigenvalue weighted by molar-refractivity contribution is 8.15. The lowest BCUT2D eigenvalue weighted by Gasteiger charge is -2.10. The summed E-state index contributed by atoms with van der Waals surface area (Å²) in [6.45, 7) is 0. The molecule has 0 aliphatic rings. The fraction of sp³-hybridized carbons (Fsp3) is 0.250. The fourth-order valence-electron chi connectivity index (χ4n) is 1.20. The summed E-state index contributed by atoms with van der Waals surface area (Å²) in [7, 11) is 0. The van der Waals surface area contributed by atoms with Gasteiger partial charge in [-0.1, -0.05) is 18.2 Å². The van der Waals surface area contributed by atoms with Crippen LogP contribution in [0.5, 0.6) is 0 Å². The van der Waals surface area contributed by atoms with Gasteiger partial charge in [0, 0.05) is 0 Å². The van der Waals surface area contributed by atoms with Crippen molar-refractivity contribution in [1.29, 1.82) is 10.7 Å². The van der Waals surface area contributed by atoms with Gasteiger partial charge in [-0.3, -0.25) is 5.41 Å². The molecule has 0 heterocycles. The molecule has 0 aromatic heterocycles. The average molecular weight is 263 g/mol. The zero-order valence-corrected chi connectivity index (χ0v) is 11.3. The highest BCUT2D eigenvalue weighted by Crippen LogP contribution is 2.21. The highest BCUT2D eigenvalue weighted by atomic mass is 32.2. The van der Waals surface area contributed by atoms with E-state index in [2.05, 4.69) is 11.1 Å².